The smallest absolute Gasteiger partial charge is 0.258 e. The number of amides is 1. The minimum Gasteiger partial charge on any atom is -0.338 e. The lowest BCUT2D eigenvalue weighted by Gasteiger charge is -2.32. The van der Waals surface area contributed by atoms with Gasteiger partial charge in [0.25, 0.3) is 11.5 Å². The largest absolute Gasteiger partial charge is 0.338 e. The number of fused-ring (bicyclic) bond motifs is 1. The molecule has 7 heteroatoms. The molecule has 0 unspecified atom stereocenters. The SMILES string of the molecule is Cc1[nH]ncc1C(=O)N1CCC[C@@H](c2nc3ccccc3c(=O)[nH]2)C1. The third-order valence-corrected chi connectivity index (χ3v) is 4.79. The van der Waals surface area contributed by atoms with Crippen LogP contribution < -0.4 is 5.56 Å². The van der Waals surface area contributed by atoms with Crippen LogP contribution >= 0.6 is 0 Å². The Morgan fingerprint density at radius 3 is 2.96 bits per heavy atom. The third kappa shape index (κ3) is 2.82. The van der Waals surface area contributed by atoms with E-state index in [1.165, 1.54) is 0 Å². The Balaban J connectivity index is 1.62. The minimum atomic E-state index is -0.130. The molecule has 1 fully saturated rings. The number of benzene rings is 1. The van der Waals surface area contributed by atoms with E-state index < -0.39 is 0 Å². The lowest BCUT2D eigenvalue weighted by atomic mass is 9.96. The summed E-state index contributed by atoms with van der Waals surface area (Å²) in [5.41, 5.74) is 1.93. The van der Waals surface area contributed by atoms with Gasteiger partial charge in [-0.05, 0) is 31.9 Å². The van der Waals surface area contributed by atoms with E-state index in [1.54, 1.807) is 12.3 Å². The van der Waals surface area contributed by atoms with Crippen molar-refractivity contribution in [1.29, 1.82) is 0 Å². The van der Waals surface area contributed by atoms with E-state index in [2.05, 4.69) is 20.2 Å². The Morgan fingerprint density at radius 2 is 2.16 bits per heavy atom. The molecule has 1 aliphatic heterocycles. The molecule has 1 atom stereocenters. The van der Waals surface area contributed by atoms with Gasteiger partial charge < -0.3 is 9.88 Å². The zero-order valence-corrected chi connectivity index (χ0v) is 14.0. The van der Waals surface area contributed by atoms with Crippen LogP contribution in [0.2, 0.25) is 0 Å². The van der Waals surface area contributed by atoms with Gasteiger partial charge in [0.15, 0.2) is 0 Å². The van der Waals surface area contributed by atoms with Crippen molar-refractivity contribution < 1.29 is 4.79 Å². The Morgan fingerprint density at radius 1 is 1.32 bits per heavy atom. The number of rotatable bonds is 2. The number of carbonyl (C=O) groups excluding carboxylic acids is 1. The maximum Gasteiger partial charge on any atom is 0.258 e. The number of para-hydroxylation sites is 1. The normalized spacial score (nSPS) is 17.8. The van der Waals surface area contributed by atoms with E-state index in [1.807, 2.05) is 30.0 Å². The first-order chi connectivity index (χ1) is 12.1. The van der Waals surface area contributed by atoms with Gasteiger partial charge >= 0.3 is 0 Å². The molecule has 1 aliphatic rings. The van der Waals surface area contributed by atoms with Gasteiger partial charge in [0.05, 0.1) is 22.7 Å². The summed E-state index contributed by atoms with van der Waals surface area (Å²) in [4.78, 5) is 34.4. The highest BCUT2D eigenvalue weighted by atomic mass is 16.2. The highest BCUT2D eigenvalue weighted by Gasteiger charge is 2.28. The molecule has 4 rings (SSSR count). The molecule has 0 radical (unpaired) electrons. The molecule has 3 aromatic rings. The second-order valence-electron chi connectivity index (χ2n) is 6.47. The average molecular weight is 337 g/mol. The maximum absolute atomic E-state index is 12.7. The van der Waals surface area contributed by atoms with Crippen LogP contribution in [-0.4, -0.2) is 44.1 Å². The van der Waals surface area contributed by atoms with Gasteiger partial charge in [-0.15, -0.1) is 0 Å². The highest BCUT2D eigenvalue weighted by molar-refractivity contribution is 5.95. The van der Waals surface area contributed by atoms with E-state index in [0.29, 0.717) is 35.4 Å². The number of hydrogen-bond acceptors (Lipinski definition) is 4. The number of H-pyrrole nitrogens is 2. The van der Waals surface area contributed by atoms with E-state index in [-0.39, 0.29) is 17.4 Å². The number of carbonyl (C=O) groups is 1. The number of aromatic nitrogens is 4. The molecule has 128 valence electrons. The van der Waals surface area contributed by atoms with Crippen molar-refractivity contribution >= 4 is 16.8 Å². The molecule has 2 N–H and O–H groups in total. The number of nitrogens with one attached hydrogen (secondary N) is 2. The number of aromatic amines is 2. The fourth-order valence-electron chi connectivity index (χ4n) is 3.42. The standard InChI is InChI=1S/C18H19N5O2/c1-11-14(9-19-22-11)18(25)23-8-4-5-12(10-23)16-20-15-7-3-2-6-13(15)17(24)21-16/h2-3,6-7,9,12H,4-5,8,10H2,1H3,(H,19,22)(H,20,21,24)/t12-/m1/s1. The zero-order valence-electron chi connectivity index (χ0n) is 14.0. The Labute approximate surface area is 144 Å². The Bertz CT molecular complexity index is 990. The molecule has 0 saturated carbocycles. The van der Waals surface area contributed by atoms with Gasteiger partial charge in [-0.25, -0.2) is 4.98 Å². The van der Waals surface area contributed by atoms with Crippen molar-refractivity contribution in [2.24, 2.45) is 0 Å². The number of likely N-dealkylation sites (tertiary alicyclic amines) is 1. The summed E-state index contributed by atoms with van der Waals surface area (Å²) in [5.74, 6) is 0.659. The first kappa shape index (κ1) is 15.6. The summed E-state index contributed by atoms with van der Waals surface area (Å²) < 4.78 is 0. The molecule has 25 heavy (non-hydrogen) atoms. The summed E-state index contributed by atoms with van der Waals surface area (Å²) in [5, 5.41) is 7.32. The van der Waals surface area contributed by atoms with Crippen molar-refractivity contribution in [3.8, 4) is 0 Å². The number of piperidine rings is 1. The summed E-state index contributed by atoms with van der Waals surface area (Å²) in [7, 11) is 0. The molecular formula is C18H19N5O2. The predicted octanol–water partition coefficient (Wildman–Crippen LogP) is 1.97. The number of aryl methyl sites for hydroxylation is 1. The fourth-order valence-corrected chi connectivity index (χ4v) is 3.42. The molecule has 3 heterocycles. The molecule has 1 amide bonds. The van der Waals surface area contributed by atoms with Crippen LogP contribution in [0.1, 0.15) is 40.6 Å². The van der Waals surface area contributed by atoms with E-state index >= 15 is 0 Å². The van der Waals surface area contributed by atoms with E-state index in [4.69, 9.17) is 0 Å². The van der Waals surface area contributed by atoms with Crippen molar-refractivity contribution in [3.63, 3.8) is 0 Å². The van der Waals surface area contributed by atoms with Gasteiger partial charge in [0.2, 0.25) is 0 Å². The molecule has 7 nitrogen and oxygen atoms in total. The minimum absolute atomic E-state index is 0.0286. The molecule has 0 aliphatic carbocycles. The number of nitrogens with zero attached hydrogens (tertiary/aromatic N) is 3. The van der Waals surface area contributed by atoms with Crippen LogP contribution in [0.15, 0.2) is 35.3 Å². The summed E-state index contributed by atoms with van der Waals surface area (Å²) in [6.07, 6.45) is 3.34. The first-order valence-electron chi connectivity index (χ1n) is 8.41. The van der Waals surface area contributed by atoms with Crippen LogP contribution in [0.3, 0.4) is 0 Å². The fraction of sp³-hybridized carbons (Fsp3) is 0.333. The van der Waals surface area contributed by atoms with E-state index in [9.17, 15) is 9.59 Å². The topological polar surface area (TPSA) is 94.7 Å². The lowest BCUT2D eigenvalue weighted by molar-refractivity contribution is 0.0704. The predicted molar refractivity (Wildman–Crippen MR) is 93.6 cm³/mol. The summed E-state index contributed by atoms with van der Waals surface area (Å²) in [6.45, 7) is 3.09. The molecular weight excluding hydrogens is 318 g/mol. The van der Waals surface area contributed by atoms with Crippen LogP contribution in [0, 0.1) is 6.92 Å². The zero-order chi connectivity index (χ0) is 17.4. The van der Waals surface area contributed by atoms with Crippen LogP contribution in [0.25, 0.3) is 10.9 Å². The second kappa shape index (κ2) is 6.16. The molecule has 2 aromatic heterocycles. The van der Waals surface area contributed by atoms with Gasteiger partial charge in [0, 0.05) is 24.7 Å². The van der Waals surface area contributed by atoms with Crippen LogP contribution in [0.4, 0.5) is 0 Å². The average Bonchev–Trinajstić information content (AvgIpc) is 3.07. The second-order valence-corrected chi connectivity index (χ2v) is 6.47. The Hall–Kier alpha value is -2.96. The van der Waals surface area contributed by atoms with Gasteiger partial charge in [-0.1, -0.05) is 12.1 Å². The third-order valence-electron chi connectivity index (χ3n) is 4.79. The molecule has 1 aromatic carbocycles. The summed E-state index contributed by atoms with van der Waals surface area (Å²) in [6, 6.07) is 7.31. The molecule has 0 spiro atoms. The van der Waals surface area contributed by atoms with Crippen LogP contribution in [-0.2, 0) is 0 Å². The van der Waals surface area contributed by atoms with Crippen LogP contribution in [0.5, 0.6) is 0 Å². The van der Waals surface area contributed by atoms with Gasteiger partial charge in [0.1, 0.15) is 5.82 Å². The first-order valence-corrected chi connectivity index (χ1v) is 8.41. The Kier molecular flexibility index (Phi) is 3.83. The van der Waals surface area contributed by atoms with Crippen molar-refractivity contribution in [1.82, 2.24) is 25.1 Å². The number of hydrogen-bond donors (Lipinski definition) is 2. The summed E-state index contributed by atoms with van der Waals surface area (Å²) >= 11 is 0. The van der Waals surface area contributed by atoms with Crippen molar-refractivity contribution in [3.05, 3.63) is 57.9 Å². The van der Waals surface area contributed by atoms with Crippen molar-refractivity contribution in [2.45, 2.75) is 25.7 Å². The maximum atomic E-state index is 12.7. The van der Waals surface area contributed by atoms with E-state index in [0.717, 1.165) is 18.5 Å². The van der Waals surface area contributed by atoms with Gasteiger partial charge in [-0.3, -0.25) is 14.7 Å². The quantitative estimate of drug-likeness (QED) is 0.747. The van der Waals surface area contributed by atoms with Crippen molar-refractivity contribution in [2.75, 3.05) is 13.1 Å². The molecule has 1 saturated heterocycles. The lowest BCUT2D eigenvalue weighted by Crippen LogP contribution is -2.40. The molecule has 0 bridgehead atoms. The van der Waals surface area contributed by atoms with Gasteiger partial charge in [-0.2, -0.15) is 5.10 Å². The highest BCUT2D eigenvalue weighted by Crippen LogP contribution is 2.26. The monoisotopic (exact) mass is 337 g/mol.